The molecule has 184 valence electrons. The van der Waals surface area contributed by atoms with Crippen molar-refractivity contribution in [2.75, 3.05) is 27.3 Å². The highest BCUT2D eigenvalue weighted by Gasteiger charge is 2.35. The lowest BCUT2D eigenvalue weighted by Gasteiger charge is -2.38. The maximum Gasteiger partial charge on any atom is 0.258 e. The average molecular weight is 493 g/mol. The molecule has 7 heteroatoms. The number of methoxy groups -OCH3 is 2. The zero-order valence-electron chi connectivity index (χ0n) is 20.9. The normalized spacial score (nSPS) is 15.0. The molecule has 1 aliphatic rings. The Kier molecular flexibility index (Phi) is 7.45. The second-order valence-electron chi connectivity index (χ2n) is 8.99. The van der Waals surface area contributed by atoms with E-state index in [2.05, 4.69) is 30.5 Å². The molecule has 2 aromatic carbocycles. The van der Waals surface area contributed by atoms with Crippen molar-refractivity contribution < 1.29 is 19.1 Å². The fourth-order valence-corrected chi connectivity index (χ4v) is 5.57. The van der Waals surface area contributed by atoms with Gasteiger partial charge in [0, 0.05) is 23.5 Å². The van der Waals surface area contributed by atoms with Gasteiger partial charge in [0.15, 0.2) is 0 Å². The van der Waals surface area contributed by atoms with Gasteiger partial charge < -0.3 is 19.3 Å². The van der Waals surface area contributed by atoms with Gasteiger partial charge in [-0.1, -0.05) is 24.3 Å². The number of aryl methyl sites for hydroxylation is 1. The first-order valence-corrected chi connectivity index (χ1v) is 12.7. The number of benzene rings is 2. The predicted octanol–water partition coefficient (Wildman–Crippen LogP) is 5.10. The molecule has 3 aromatic rings. The van der Waals surface area contributed by atoms with Crippen LogP contribution in [0.5, 0.6) is 11.5 Å². The van der Waals surface area contributed by atoms with Gasteiger partial charge in [0.05, 0.1) is 25.8 Å². The summed E-state index contributed by atoms with van der Waals surface area (Å²) < 4.78 is 10.7. The summed E-state index contributed by atoms with van der Waals surface area (Å²) in [5.41, 5.74) is 3.86. The number of carbonyl (C=O) groups excluding carboxylic acids is 2. The molecule has 0 fully saturated rings. The molecule has 0 bridgehead atoms. The van der Waals surface area contributed by atoms with Crippen molar-refractivity contribution >= 4 is 23.2 Å². The van der Waals surface area contributed by atoms with Crippen molar-refractivity contribution in [1.82, 2.24) is 9.80 Å². The lowest BCUT2D eigenvalue weighted by Crippen LogP contribution is -2.48. The molecule has 1 aromatic heterocycles. The van der Waals surface area contributed by atoms with Crippen LogP contribution in [-0.4, -0.2) is 55.0 Å². The van der Waals surface area contributed by atoms with E-state index in [4.69, 9.17) is 9.47 Å². The zero-order valence-corrected chi connectivity index (χ0v) is 21.7. The van der Waals surface area contributed by atoms with Crippen molar-refractivity contribution in [3.8, 4) is 11.5 Å². The lowest BCUT2D eigenvalue weighted by molar-refractivity contribution is -0.134. The minimum Gasteiger partial charge on any atom is -0.497 e. The molecule has 0 spiro atoms. The number of nitrogens with zero attached hydrogens (tertiary/aromatic N) is 2. The van der Waals surface area contributed by atoms with Gasteiger partial charge in [0.25, 0.3) is 5.91 Å². The van der Waals surface area contributed by atoms with Crippen LogP contribution in [0.4, 0.5) is 0 Å². The first kappa shape index (κ1) is 24.8. The number of ether oxygens (including phenoxy) is 2. The summed E-state index contributed by atoms with van der Waals surface area (Å²) in [5.74, 6) is 0.718. The summed E-state index contributed by atoms with van der Waals surface area (Å²) in [5, 5.41) is 2.10. The number of rotatable bonds is 7. The van der Waals surface area contributed by atoms with Crippen LogP contribution >= 0.6 is 11.3 Å². The second kappa shape index (κ2) is 10.5. The third-order valence-electron chi connectivity index (χ3n) is 6.60. The molecule has 35 heavy (non-hydrogen) atoms. The van der Waals surface area contributed by atoms with Crippen LogP contribution in [0.2, 0.25) is 0 Å². The Labute approximate surface area is 211 Å². The van der Waals surface area contributed by atoms with Gasteiger partial charge in [-0.05, 0) is 67.5 Å². The first-order valence-electron chi connectivity index (χ1n) is 11.8. The fraction of sp³-hybridized carbons (Fsp3) is 0.357. The Bertz CT molecular complexity index is 1220. The van der Waals surface area contributed by atoms with E-state index < -0.39 is 0 Å². The third kappa shape index (κ3) is 4.91. The largest absolute Gasteiger partial charge is 0.497 e. The van der Waals surface area contributed by atoms with Crippen molar-refractivity contribution in [2.24, 2.45) is 0 Å². The number of hydrogen-bond donors (Lipinski definition) is 0. The van der Waals surface area contributed by atoms with Crippen molar-refractivity contribution in [1.29, 1.82) is 0 Å². The van der Waals surface area contributed by atoms with E-state index in [1.165, 1.54) is 17.6 Å². The molecule has 1 unspecified atom stereocenters. The molecule has 6 nitrogen and oxygen atoms in total. The summed E-state index contributed by atoms with van der Waals surface area (Å²) in [6, 6.07) is 15.1. The Balaban J connectivity index is 1.65. The van der Waals surface area contributed by atoms with E-state index in [-0.39, 0.29) is 30.4 Å². The summed E-state index contributed by atoms with van der Waals surface area (Å²) in [6.07, 6.45) is 0.822. The average Bonchev–Trinajstić information content (AvgIpc) is 3.35. The van der Waals surface area contributed by atoms with Crippen LogP contribution in [0.25, 0.3) is 0 Å². The molecule has 1 aliphatic heterocycles. The SMILES string of the molecule is COc1ccc(C(=O)N(CC(=O)N2CCc3sccc3C2c2ccccc2C)C(C)C)c(OC)c1. The predicted molar refractivity (Wildman–Crippen MR) is 138 cm³/mol. The number of fused-ring (bicyclic) bond motifs is 1. The van der Waals surface area contributed by atoms with Crippen LogP contribution in [0.1, 0.15) is 51.8 Å². The van der Waals surface area contributed by atoms with E-state index in [9.17, 15) is 9.59 Å². The van der Waals surface area contributed by atoms with Crippen LogP contribution < -0.4 is 9.47 Å². The maximum absolute atomic E-state index is 13.8. The molecule has 0 N–H and O–H groups in total. The molecular weight excluding hydrogens is 460 g/mol. The highest BCUT2D eigenvalue weighted by atomic mass is 32.1. The Morgan fingerprint density at radius 2 is 1.86 bits per heavy atom. The van der Waals surface area contributed by atoms with E-state index in [0.29, 0.717) is 23.6 Å². The quantitative estimate of drug-likeness (QED) is 0.461. The van der Waals surface area contributed by atoms with Crippen LogP contribution in [0, 0.1) is 6.92 Å². The Morgan fingerprint density at radius 1 is 1.09 bits per heavy atom. The molecule has 2 amide bonds. The second-order valence-corrected chi connectivity index (χ2v) is 9.99. The van der Waals surface area contributed by atoms with Gasteiger partial charge in [-0.25, -0.2) is 0 Å². The number of carbonyl (C=O) groups is 2. The highest BCUT2D eigenvalue weighted by Crippen LogP contribution is 2.39. The number of thiophene rings is 1. The van der Waals surface area contributed by atoms with Gasteiger partial charge >= 0.3 is 0 Å². The van der Waals surface area contributed by atoms with Crippen molar-refractivity contribution in [3.05, 3.63) is 81.0 Å². The molecular formula is C28H32N2O4S. The third-order valence-corrected chi connectivity index (χ3v) is 7.59. The Morgan fingerprint density at radius 3 is 2.54 bits per heavy atom. The monoisotopic (exact) mass is 492 g/mol. The molecule has 0 saturated carbocycles. The van der Waals surface area contributed by atoms with Crippen LogP contribution in [0.15, 0.2) is 53.9 Å². The number of hydrogen-bond acceptors (Lipinski definition) is 5. The van der Waals surface area contributed by atoms with Gasteiger partial charge in [-0.2, -0.15) is 0 Å². The molecule has 4 rings (SSSR count). The lowest BCUT2D eigenvalue weighted by atomic mass is 9.90. The molecule has 2 heterocycles. The van der Waals surface area contributed by atoms with Crippen molar-refractivity contribution in [2.45, 2.75) is 39.3 Å². The van der Waals surface area contributed by atoms with Gasteiger partial charge in [0.1, 0.15) is 18.0 Å². The van der Waals surface area contributed by atoms with E-state index in [1.807, 2.05) is 30.9 Å². The van der Waals surface area contributed by atoms with E-state index in [1.54, 1.807) is 41.5 Å². The zero-order chi connectivity index (χ0) is 25.1. The summed E-state index contributed by atoms with van der Waals surface area (Å²) in [6.45, 7) is 6.55. The van der Waals surface area contributed by atoms with Crippen LogP contribution in [-0.2, 0) is 11.2 Å². The standard InChI is InChI=1S/C28H32N2O4S/c1-18(2)30(28(32)22-11-10-20(33-4)16-24(22)34-5)17-26(31)29-14-12-25-23(13-15-35-25)27(29)21-9-7-6-8-19(21)3/h6-11,13,15-16,18,27H,12,14,17H2,1-5H3. The van der Waals surface area contributed by atoms with E-state index in [0.717, 1.165) is 17.5 Å². The number of amides is 2. The fourth-order valence-electron chi connectivity index (χ4n) is 4.67. The topological polar surface area (TPSA) is 59.1 Å². The van der Waals surface area contributed by atoms with E-state index >= 15 is 0 Å². The molecule has 1 atom stereocenters. The van der Waals surface area contributed by atoms with Gasteiger partial charge in [0.2, 0.25) is 5.91 Å². The summed E-state index contributed by atoms with van der Waals surface area (Å²) >= 11 is 1.74. The highest BCUT2D eigenvalue weighted by molar-refractivity contribution is 7.10. The smallest absolute Gasteiger partial charge is 0.258 e. The molecule has 0 aliphatic carbocycles. The Hall–Kier alpha value is -3.32. The minimum absolute atomic E-state index is 0.00641. The molecule has 0 saturated heterocycles. The summed E-state index contributed by atoms with van der Waals surface area (Å²) in [4.78, 5) is 32.3. The van der Waals surface area contributed by atoms with Gasteiger partial charge in [-0.15, -0.1) is 11.3 Å². The minimum atomic E-state index is -0.242. The van der Waals surface area contributed by atoms with Gasteiger partial charge in [-0.3, -0.25) is 9.59 Å². The summed E-state index contributed by atoms with van der Waals surface area (Å²) in [7, 11) is 3.09. The first-order chi connectivity index (χ1) is 16.8. The molecule has 0 radical (unpaired) electrons. The van der Waals surface area contributed by atoms with Crippen LogP contribution in [0.3, 0.4) is 0 Å². The maximum atomic E-state index is 13.8. The van der Waals surface area contributed by atoms with Crippen molar-refractivity contribution in [3.63, 3.8) is 0 Å².